The quantitative estimate of drug-likeness (QED) is 0.379. The van der Waals surface area contributed by atoms with E-state index >= 15 is 0 Å². The fourth-order valence-electron chi connectivity index (χ4n) is 4.71. The maximum Gasteiger partial charge on any atom is 0.336 e. The maximum absolute atomic E-state index is 11.6. The Morgan fingerprint density at radius 2 is 1.55 bits per heavy atom. The summed E-state index contributed by atoms with van der Waals surface area (Å²) >= 11 is 0. The number of benzene rings is 3. The van der Waals surface area contributed by atoms with Crippen LogP contribution in [0.25, 0.3) is 22.5 Å². The first kappa shape index (κ1) is 21.1. The molecular weight excluding hydrogens is 410 g/mol. The molecule has 33 heavy (non-hydrogen) atoms. The largest absolute Gasteiger partial charge is 0.478 e. The van der Waals surface area contributed by atoms with Crippen LogP contribution in [0, 0.1) is 0 Å². The SMILES string of the molecule is O=C(O)c1ccccc1-c1ccc(Cc2nc(-c3ccccc3)nn2C2CCCCC2)cc1. The fraction of sp³-hybridized carbons (Fsp3) is 0.250. The highest BCUT2D eigenvalue weighted by molar-refractivity contribution is 5.96. The van der Waals surface area contributed by atoms with Crippen LogP contribution in [0.2, 0.25) is 0 Å². The molecule has 5 nitrogen and oxygen atoms in total. The van der Waals surface area contributed by atoms with Crippen LogP contribution in [0.3, 0.4) is 0 Å². The Morgan fingerprint density at radius 1 is 0.848 bits per heavy atom. The van der Waals surface area contributed by atoms with Gasteiger partial charge in [0.1, 0.15) is 5.82 Å². The predicted molar refractivity (Wildman–Crippen MR) is 129 cm³/mol. The Morgan fingerprint density at radius 3 is 2.27 bits per heavy atom. The molecule has 1 aliphatic carbocycles. The van der Waals surface area contributed by atoms with Gasteiger partial charge in [0, 0.05) is 12.0 Å². The predicted octanol–water partition coefficient (Wildman–Crippen LogP) is 6.41. The molecule has 5 rings (SSSR count). The van der Waals surface area contributed by atoms with Crippen LogP contribution in [0.5, 0.6) is 0 Å². The molecular formula is C28H27N3O2. The van der Waals surface area contributed by atoms with E-state index in [2.05, 4.69) is 28.9 Å². The summed E-state index contributed by atoms with van der Waals surface area (Å²) in [6.07, 6.45) is 6.76. The average Bonchev–Trinajstić information content (AvgIpc) is 3.29. The van der Waals surface area contributed by atoms with Crippen LogP contribution in [-0.4, -0.2) is 25.8 Å². The lowest BCUT2D eigenvalue weighted by atomic mass is 9.95. The molecule has 0 radical (unpaired) electrons. The lowest BCUT2D eigenvalue weighted by Crippen LogP contribution is -2.17. The third kappa shape index (κ3) is 4.58. The molecule has 0 unspecified atom stereocenters. The van der Waals surface area contributed by atoms with Crippen molar-refractivity contribution in [3.8, 4) is 22.5 Å². The van der Waals surface area contributed by atoms with Crippen molar-refractivity contribution in [3.05, 3.63) is 95.8 Å². The summed E-state index contributed by atoms with van der Waals surface area (Å²) in [5.41, 5.74) is 4.11. The summed E-state index contributed by atoms with van der Waals surface area (Å²) < 4.78 is 2.16. The highest BCUT2D eigenvalue weighted by Crippen LogP contribution is 2.31. The van der Waals surface area contributed by atoms with Crippen LogP contribution in [0.1, 0.15) is 59.9 Å². The second-order valence-corrected chi connectivity index (χ2v) is 8.68. The van der Waals surface area contributed by atoms with E-state index in [9.17, 15) is 9.90 Å². The van der Waals surface area contributed by atoms with Crippen molar-refractivity contribution < 1.29 is 9.90 Å². The number of carboxylic acid groups (broad SMARTS) is 1. The molecule has 1 aliphatic rings. The molecule has 1 heterocycles. The zero-order valence-corrected chi connectivity index (χ0v) is 18.5. The van der Waals surface area contributed by atoms with Crippen molar-refractivity contribution in [1.82, 2.24) is 14.8 Å². The highest BCUT2D eigenvalue weighted by Gasteiger charge is 2.22. The minimum atomic E-state index is -0.913. The molecule has 5 heteroatoms. The van der Waals surface area contributed by atoms with E-state index in [1.54, 1.807) is 12.1 Å². The topological polar surface area (TPSA) is 68.0 Å². The van der Waals surface area contributed by atoms with Crippen LogP contribution >= 0.6 is 0 Å². The van der Waals surface area contributed by atoms with Gasteiger partial charge in [-0.3, -0.25) is 0 Å². The number of hydrogen-bond acceptors (Lipinski definition) is 3. The lowest BCUT2D eigenvalue weighted by molar-refractivity contribution is 0.0697. The zero-order valence-electron chi connectivity index (χ0n) is 18.5. The minimum Gasteiger partial charge on any atom is -0.478 e. The van der Waals surface area contributed by atoms with Gasteiger partial charge in [0.25, 0.3) is 0 Å². The van der Waals surface area contributed by atoms with Gasteiger partial charge in [-0.2, -0.15) is 5.10 Å². The van der Waals surface area contributed by atoms with Gasteiger partial charge in [-0.15, -0.1) is 0 Å². The van der Waals surface area contributed by atoms with Gasteiger partial charge in [-0.25, -0.2) is 14.5 Å². The van der Waals surface area contributed by atoms with Crippen molar-refractivity contribution in [2.24, 2.45) is 0 Å². The molecule has 1 fully saturated rings. The van der Waals surface area contributed by atoms with E-state index in [4.69, 9.17) is 10.1 Å². The number of aromatic nitrogens is 3. The maximum atomic E-state index is 11.6. The lowest BCUT2D eigenvalue weighted by Gasteiger charge is -2.23. The van der Waals surface area contributed by atoms with Gasteiger partial charge in [0.2, 0.25) is 0 Å². The third-order valence-electron chi connectivity index (χ3n) is 6.44. The Bertz CT molecular complexity index is 1240. The molecule has 3 aromatic carbocycles. The van der Waals surface area contributed by atoms with Crippen molar-refractivity contribution in [2.45, 2.75) is 44.6 Å². The summed E-state index contributed by atoms with van der Waals surface area (Å²) in [6.45, 7) is 0. The first-order valence-corrected chi connectivity index (χ1v) is 11.6. The van der Waals surface area contributed by atoms with Gasteiger partial charge >= 0.3 is 5.97 Å². The van der Waals surface area contributed by atoms with E-state index in [-0.39, 0.29) is 0 Å². The second kappa shape index (κ2) is 9.41. The third-order valence-corrected chi connectivity index (χ3v) is 6.44. The van der Waals surface area contributed by atoms with Gasteiger partial charge in [-0.1, -0.05) is 92.1 Å². The van der Waals surface area contributed by atoms with Crippen molar-refractivity contribution >= 4 is 5.97 Å². The molecule has 1 N–H and O–H groups in total. The van der Waals surface area contributed by atoms with Gasteiger partial charge in [-0.05, 0) is 35.6 Å². The number of carbonyl (C=O) groups is 1. The van der Waals surface area contributed by atoms with Crippen LogP contribution in [0.4, 0.5) is 0 Å². The summed E-state index contributed by atoms with van der Waals surface area (Å²) in [5.74, 6) is 0.853. The molecule has 0 atom stereocenters. The molecule has 4 aromatic rings. The van der Waals surface area contributed by atoms with Crippen LogP contribution < -0.4 is 0 Å². The molecule has 0 amide bonds. The summed E-state index contributed by atoms with van der Waals surface area (Å²) in [6, 6.07) is 25.8. The van der Waals surface area contributed by atoms with Crippen molar-refractivity contribution in [1.29, 1.82) is 0 Å². The van der Waals surface area contributed by atoms with Crippen molar-refractivity contribution in [2.75, 3.05) is 0 Å². The number of hydrogen-bond donors (Lipinski definition) is 1. The van der Waals surface area contributed by atoms with Crippen LogP contribution in [0.15, 0.2) is 78.9 Å². The van der Waals surface area contributed by atoms with Gasteiger partial charge in [0.05, 0.1) is 11.6 Å². The molecule has 0 bridgehead atoms. The molecule has 0 spiro atoms. The average molecular weight is 438 g/mol. The van der Waals surface area contributed by atoms with Gasteiger partial charge < -0.3 is 5.11 Å². The normalized spacial score (nSPS) is 14.3. The number of aromatic carboxylic acids is 1. The highest BCUT2D eigenvalue weighted by atomic mass is 16.4. The summed E-state index contributed by atoms with van der Waals surface area (Å²) in [4.78, 5) is 16.5. The van der Waals surface area contributed by atoms with E-state index in [0.717, 1.165) is 46.7 Å². The summed E-state index contributed by atoms with van der Waals surface area (Å²) in [5, 5.41) is 14.4. The molecule has 0 aliphatic heterocycles. The Labute approximate surface area is 193 Å². The first-order valence-electron chi connectivity index (χ1n) is 11.6. The fourth-order valence-corrected chi connectivity index (χ4v) is 4.71. The minimum absolute atomic E-state index is 0.315. The molecule has 1 aromatic heterocycles. The summed E-state index contributed by atoms with van der Waals surface area (Å²) in [7, 11) is 0. The standard InChI is InChI=1S/C28H27N3O2/c32-28(33)25-14-8-7-13-24(25)21-17-15-20(16-18-21)19-26-29-27(22-9-3-1-4-10-22)30-31(26)23-11-5-2-6-12-23/h1,3-4,7-10,13-18,23H,2,5-6,11-12,19H2,(H,32,33). The van der Waals surface area contributed by atoms with E-state index < -0.39 is 5.97 Å². The zero-order chi connectivity index (χ0) is 22.6. The number of nitrogens with zero attached hydrogens (tertiary/aromatic N) is 3. The van der Waals surface area contributed by atoms with E-state index in [1.165, 1.54) is 19.3 Å². The van der Waals surface area contributed by atoms with Crippen LogP contribution in [-0.2, 0) is 6.42 Å². The Kier molecular flexibility index (Phi) is 6.03. The number of rotatable bonds is 6. The molecule has 166 valence electrons. The monoisotopic (exact) mass is 437 g/mol. The number of carboxylic acids is 1. The van der Waals surface area contributed by atoms with E-state index in [1.807, 2.05) is 42.5 Å². The molecule has 1 saturated carbocycles. The Balaban J connectivity index is 1.45. The second-order valence-electron chi connectivity index (χ2n) is 8.68. The van der Waals surface area contributed by atoms with E-state index in [0.29, 0.717) is 18.0 Å². The molecule has 0 saturated heterocycles. The first-order chi connectivity index (χ1) is 16.2. The smallest absolute Gasteiger partial charge is 0.336 e. The van der Waals surface area contributed by atoms with Gasteiger partial charge in [0.15, 0.2) is 5.82 Å². The van der Waals surface area contributed by atoms with Crippen molar-refractivity contribution in [3.63, 3.8) is 0 Å². The Hall–Kier alpha value is -3.73.